The Morgan fingerprint density at radius 3 is 2.82 bits per heavy atom. The molecule has 1 heterocycles. The number of aryl methyl sites for hydroxylation is 1. The molecule has 0 bridgehead atoms. The normalized spacial score (nSPS) is 12.0. The Labute approximate surface area is 68.5 Å². The Balaban J connectivity index is 3.25. The second kappa shape index (κ2) is 2.87. The quantitative estimate of drug-likeness (QED) is 0.423. The fourth-order valence-corrected chi connectivity index (χ4v) is 1.54. The highest BCUT2D eigenvalue weighted by atomic mass is 32.1. The van der Waals surface area contributed by atoms with Crippen LogP contribution in [0.2, 0.25) is 0 Å². The number of nitrogens with one attached hydrogen (secondary N) is 1. The zero-order chi connectivity index (χ0) is 8.43. The van der Waals surface area contributed by atoms with E-state index in [0.29, 0.717) is 0 Å². The molecule has 0 aliphatic carbocycles. The highest BCUT2D eigenvalue weighted by Gasteiger charge is 1.93. The van der Waals surface area contributed by atoms with Crippen molar-refractivity contribution >= 4 is 17.3 Å². The summed E-state index contributed by atoms with van der Waals surface area (Å²) in [6.07, 6.45) is 0. The first-order valence-electron chi connectivity index (χ1n) is 3.11. The van der Waals surface area contributed by atoms with Crippen LogP contribution in [0.1, 0.15) is 5.69 Å². The molecule has 0 saturated heterocycles. The van der Waals surface area contributed by atoms with Gasteiger partial charge in [-0.15, -0.1) is 11.3 Å². The van der Waals surface area contributed by atoms with Crippen LogP contribution >= 0.6 is 11.3 Å². The van der Waals surface area contributed by atoms with E-state index in [1.54, 1.807) is 0 Å². The summed E-state index contributed by atoms with van der Waals surface area (Å²) in [7, 11) is 1.90. The highest BCUT2D eigenvalue weighted by molar-refractivity contribution is 7.07. The molecule has 1 rings (SSSR count). The van der Waals surface area contributed by atoms with Crippen molar-refractivity contribution in [3.05, 3.63) is 15.9 Å². The SMILES string of the molecule is Cc1cs/c(=N/C(=N)N)n1C. The van der Waals surface area contributed by atoms with Crippen molar-refractivity contribution in [2.24, 2.45) is 17.8 Å². The lowest BCUT2D eigenvalue weighted by Gasteiger charge is -1.92. The van der Waals surface area contributed by atoms with Gasteiger partial charge in [0.1, 0.15) is 0 Å². The molecule has 0 aromatic carbocycles. The van der Waals surface area contributed by atoms with E-state index >= 15 is 0 Å². The zero-order valence-electron chi connectivity index (χ0n) is 6.46. The second-order valence-electron chi connectivity index (χ2n) is 2.22. The molecule has 4 nitrogen and oxygen atoms in total. The average molecular weight is 170 g/mol. The van der Waals surface area contributed by atoms with Crippen LogP contribution in [0.15, 0.2) is 10.4 Å². The van der Waals surface area contributed by atoms with Crippen LogP contribution in [0.4, 0.5) is 0 Å². The minimum atomic E-state index is -0.151. The number of nitrogens with two attached hydrogens (primary N) is 1. The summed E-state index contributed by atoms with van der Waals surface area (Å²) >= 11 is 1.48. The first-order valence-corrected chi connectivity index (χ1v) is 3.99. The summed E-state index contributed by atoms with van der Waals surface area (Å²) in [5.74, 6) is -0.151. The summed E-state index contributed by atoms with van der Waals surface area (Å²) in [6, 6.07) is 0. The third-order valence-electron chi connectivity index (χ3n) is 1.37. The van der Waals surface area contributed by atoms with Gasteiger partial charge in [0.15, 0.2) is 4.80 Å². The second-order valence-corrected chi connectivity index (χ2v) is 3.05. The van der Waals surface area contributed by atoms with Crippen LogP contribution in [-0.4, -0.2) is 10.5 Å². The molecule has 1 aromatic heterocycles. The van der Waals surface area contributed by atoms with E-state index in [-0.39, 0.29) is 5.96 Å². The van der Waals surface area contributed by atoms with E-state index in [9.17, 15) is 0 Å². The van der Waals surface area contributed by atoms with Gasteiger partial charge in [-0.2, -0.15) is 4.99 Å². The highest BCUT2D eigenvalue weighted by Crippen LogP contribution is 1.95. The molecule has 1 aromatic rings. The molecule has 0 radical (unpaired) electrons. The molecule has 0 aliphatic rings. The summed E-state index contributed by atoms with van der Waals surface area (Å²) < 4.78 is 1.89. The topological polar surface area (TPSA) is 67.2 Å². The molecule has 0 fully saturated rings. The van der Waals surface area contributed by atoms with Crippen molar-refractivity contribution in [2.45, 2.75) is 6.92 Å². The molecule has 0 aliphatic heterocycles. The predicted molar refractivity (Wildman–Crippen MR) is 45.5 cm³/mol. The van der Waals surface area contributed by atoms with E-state index in [1.165, 1.54) is 11.3 Å². The number of guanidine groups is 1. The molecule has 0 atom stereocenters. The van der Waals surface area contributed by atoms with E-state index in [1.807, 2.05) is 23.9 Å². The van der Waals surface area contributed by atoms with Crippen molar-refractivity contribution in [3.63, 3.8) is 0 Å². The number of nitrogens with zero attached hydrogens (tertiary/aromatic N) is 2. The van der Waals surface area contributed by atoms with Crippen LogP contribution in [0, 0.1) is 12.3 Å². The van der Waals surface area contributed by atoms with Crippen LogP contribution in [0.25, 0.3) is 0 Å². The number of hydrogen-bond acceptors (Lipinski definition) is 2. The molecule has 5 heteroatoms. The van der Waals surface area contributed by atoms with Gasteiger partial charge in [-0.25, -0.2) is 0 Å². The number of hydrogen-bond donors (Lipinski definition) is 2. The van der Waals surface area contributed by atoms with Gasteiger partial charge < -0.3 is 10.3 Å². The summed E-state index contributed by atoms with van der Waals surface area (Å²) in [6.45, 7) is 1.98. The fraction of sp³-hybridized carbons (Fsp3) is 0.333. The maximum atomic E-state index is 6.94. The van der Waals surface area contributed by atoms with Gasteiger partial charge in [0.25, 0.3) is 0 Å². The van der Waals surface area contributed by atoms with Crippen LogP contribution in [0.3, 0.4) is 0 Å². The number of thiazole rings is 1. The molecule has 0 unspecified atom stereocenters. The van der Waals surface area contributed by atoms with Crippen molar-refractivity contribution in [1.29, 1.82) is 5.41 Å². The standard InChI is InChI=1S/C6H10N4S/c1-4-3-11-6(10(4)2)9-5(7)8/h3H,1-2H3,(H3,7,8)/b9-6+. The minimum Gasteiger partial charge on any atom is -0.368 e. The van der Waals surface area contributed by atoms with Crippen LogP contribution in [0.5, 0.6) is 0 Å². The number of aromatic nitrogens is 1. The Morgan fingerprint density at radius 1 is 1.82 bits per heavy atom. The molecule has 3 N–H and O–H groups in total. The monoisotopic (exact) mass is 170 g/mol. The summed E-state index contributed by atoms with van der Waals surface area (Å²) in [4.78, 5) is 4.58. The van der Waals surface area contributed by atoms with E-state index < -0.39 is 0 Å². The van der Waals surface area contributed by atoms with E-state index in [2.05, 4.69) is 4.99 Å². The molecule has 0 spiro atoms. The molecule has 0 saturated carbocycles. The van der Waals surface area contributed by atoms with Crippen LogP contribution < -0.4 is 10.5 Å². The molecular weight excluding hydrogens is 160 g/mol. The first kappa shape index (κ1) is 8.00. The van der Waals surface area contributed by atoms with Gasteiger partial charge in [0.05, 0.1) is 0 Å². The van der Waals surface area contributed by atoms with Crippen molar-refractivity contribution in [3.8, 4) is 0 Å². The van der Waals surface area contributed by atoms with Crippen molar-refractivity contribution in [1.82, 2.24) is 4.57 Å². The zero-order valence-corrected chi connectivity index (χ0v) is 7.27. The van der Waals surface area contributed by atoms with E-state index in [0.717, 1.165) is 10.5 Å². The molecule has 60 valence electrons. The van der Waals surface area contributed by atoms with E-state index in [4.69, 9.17) is 11.1 Å². The Morgan fingerprint density at radius 2 is 2.45 bits per heavy atom. The maximum absolute atomic E-state index is 6.94. The van der Waals surface area contributed by atoms with Gasteiger partial charge in [-0.05, 0) is 6.92 Å². The van der Waals surface area contributed by atoms with Gasteiger partial charge in [0, 0.05) is 18.1 Å². The van der Waals surface area contributed by atoms with Gasteiger partial charge in [-0.3, -0.25) is 5.41 Å². The lowest BCUT2D eigenvalue weighted by molar-refractivity contribution is 0.836. The molecular formula is C6H10N4S. The van der Waals surface area contributed by atoms with Gasteiger partial charge >= 0.3 is 0 Å². The summed E-state index contributed by atoms with van der Waals surface area (Å²) in [5.41, 5.74) is 6.23. The third-order valence-corrected chi connectivity index (χ3v) is 2.40. The predicted octanol–water partition coefficient (Wildman–Crippen LogP) is 0.189. The maximum Gasteiger partial charge on any atom is 0.215 e. The lowest BCUT2D eigenvalue weighted by Crippen LogP contribution is -2.17. The number of rotatable bonds is 0. The summed E-state index contributed by atoms with van der Waals surface area (Å²) in [5, 5.41) is 8.92. The Hall–Kier alpha value is -1.10. The minimum absolute atomic E-state index is 0.151. The lowest BCUT2D eigenvalue weighted by atomic mass is 10.6. The van der Waals surface area contributed by atoms with Gasteiger partial charge in [-0.1, -0.05) is 0 Å². The third kappa shape index (κ3) is 1.68. The van der Waals surface area contributed by atoms with Gasteiger partial charge in [0.2, 0.25) is 5.96 Å². The first-order chi connectivity index (χ1) is 5.11. The fourth-order valence-electron chi connectivity index (χ4n) is 0.651. The smallest absolute Gasteiger partial charge is 0.215 e. The van der Waals surface area contributed by atoms with Crippen LogP contribution in [-0.2, 0) is 7.05 Å². The Bertz CT molecular complexity index is 333. The van der Waals surface area contributed by atoms with Crippen molar-refractivity contribution < 1.29 is 0 Å². The molecule has 0 amide bonds. The Kier molecular flexibility index (Phi) is 2.09. The molecule has 11 heavy (non-hydrogen) atoms. The average Bonchev–Trinajstić information content (AvgIpc) is 2.18. The largest absolute Gasteiger partial charge is 0.368 e. The van der Waals surface area contributed by atoms with Crippen molar-refractivity contribution in [2.75, 3.05) is 0 Å².